The Bertz CT molecular complexity index is 246. The highest BCUT2D eigenvalue weighted by molar-refractivity contribution is 4.98. The van der Waals surface area contributed by atoms with Crippen LogP contribution in [0.3, 0.4) is 0 Å². The maximum atomic E-state index is 3.42. The van der Waals surface area contributed by atoms with Crippen molar-refractivity contribution in [3.05, 3.63) is 24.3 Å². The molecule has 23 heavy (non-hydrogen) atoms. The average molecular weight is 318 g/mol. The van der Waals surface area contributed by atoms with Gasteiger partial charge in [0.25, 0.3) is 0 Å². The molecule has 0 saturated carbocycles. The molecule has 0 aromatic heterocycles. The molecule has 0 aromatic carbocycles. The molecule has 1 aliphatic rings. The Kier molecular flexibility index (Phi) is 15.9. The van der Waals surface area contributed by atoms with Crippen LogP contribution in [0.25, 0.3) is 0 Å². The van der Waals surface area contributed by atoms with Crippen molar-refractivity contribution in [1.29, 1.82) is 0 Å². The molecule has 0 unspecified atom stereocenters. The Hall–Kier alpha value is -0.520. The van der Waals surface area contributed by atoms with Gasteiger partial charge in [-0.05, 0) is 31.8 Å². The number of rotatable bonds is 0. The molecule has 1 aliphatic carbocycles. The molecule has 0 aromatic rings. The van der Waals surface area contributed by atoms with E-state index in [1.807, 2.05) is 0 Å². The molecule has 0 heteroatoms. The predicted molar refractivity (Wildman–Crippen MR) is 105 cm³/mol. The van der Waals surface area contributed by atoms with Crippen LogP contribution < -0.4 is 0 Å². The second-order valence-corrected chi connectivity index (χ2v) is 7.35. The van der Waals surface area contributed by atoms with Gasteiger partial charge in [0.15, 0.2) is 0 Å². The van der Waals surface area contributed by atoms with Crippen LogP contribution in [0.4, 0.5) is 0 Å². The van der Waals surface area contributed by atoms with Gasteiger partial charge < -0.3 is 0 Å². The zero-order valence-electron chi connectivity index (χ0n) is 15.7. The van der Waals surface area contributed by atoms with Gasteiger partial charge in [-0.1, -0.05) is 115 Å². The highest BCUT2D eigenvalue weighted by Crippen LogP contribution is 2.14. The van der Waals surface area contributed by atoms with Crippen LogP contribution in [0, 0.1) is 6.08 Å². The van der Waals surface area contributed by atoms with Crippen molar-refractivity contribution in [2.45, 2.75) is 122 Å². The van der Waals surface area contributed by atoms with Gasteiger partial charge >= 0.3 is 0 Å². The average Bonchev–Trinajstić information content (AvgIpc) is 2.56. The van der Waals surface area contributed by atoms with E-state index in [4.69, 9.17) is 0 Å². The summed E-state index contributed by atoms with van der Waals surface area (Å²) < 4.78 is 0. The molecule has 0 heterocycles. The van der Waals surface area contributed by atoms with Crippen LogP contribution in [-0.2, 0) is 0 Å². The smallest absolute Gasteiger partial charge is 0.0276 e. The van der Waals surface area contributed by atoms with Crippen LogP contribution in [0.2, 0.25) is 0 Å². The van der Waals surface area contributed by atoms with Crippen molar-refractivity contribution in [2.24, 2.45) is 0 Å². The summed E-state index contributed by atoms with van der Waals surface area (Å²) in [4.78, 5) is 0. The van der Waals surface area contributed by atoms with Crippen molar-refractivity contribution in [1.82, 2.24) is 0 Å². The molecule has 0 amide bonds. The van der Waals surface area contributed by atoms with E-state index in [0.717, 1.165) is 6.42 Å². The van der Waals surface area contributed by atoms with Crippen LogP contribution in [0.5, 0.6) is 0 Å². The second-order valence-electron chi connectivity index (χ2n) is 7.35. The molecule has 0 saturated heterocycles. The monoisotopic (exact) mass is 317 g/mol. The van der Waals surface area contributed by atoms with Gasteiger partial charge in [-0.3, -0.25) is 0 Å². The highest BCUT2D eigenvalue weighted by Gasteiger charge is 1.95. The maximum Gasteiger partial charge on any atom is -0.0276 e. The Morgan fingerprint density at radius 1 is 0.435 bits per heavy atom. The van der Waals surface area contributed by atoms with Crippen molar-refractivity contribution in [3.63, 3.8) is 0 Å². The molecule has 0 N–H and O–H groups in total. The second kappa shape index (κ2) is 17.8. The Morgan fingerprint density at radius 3 is 1.30 bits per heavy atom. The lowest BCUT2D eigenvalue weighted by atomic mass is 10.0. The lowest BCUT2D eigenvalue weighted by Gasteiger charge is -2.03. The molecule has 133 valence electrons. The molecule has 0 spiro atoms. The van der Waals surface area contributed by atoms with Crippen molar-refractivity contribution >= 4 is 0 Å². The fourth-order valence-corrected chi connectivity index (χ4v) is 3.46. The first kappa shape index (κ1) is 20.5. The molecule has 0 fully saturated rings. The normalized spacial score (nSPS) is 25.4. The van der Waals surface area contributed by atoms with E-state index in [1.165, 1.54) is 116 Å². The highest BCUT2D eigenvalue weighted by atomic mass is 14.0. The third kappa shape index (κ3) is 16.1. The molecule has 0 atom stereocenters. The first-order valence-corrected chi connectivity index (χ1v) is 10.7. The van der Waals surface area contributed by atoms with Gasteiger partial charge in [-0.2, -0.15) is 0 Å². The zero-order valence-corrected chi connectivity index (χ0v) is 15.7. The van der Waals surface area contributed by atoms with Crippen LogP contribution in [0.15, 0.2) is 18.2 Å². The minimum atomic E-state index is 1.14. The quantitative estimate of drug-likeness (QED) is 0.421. The van der Waals surface area contributed by atoms with Crippen molar-refractivity contribution in [3.8, 4) is 0 Å². The number of allylic oxidation sites excluding steroid dienone is 4. The third-order valence-corrected chi connectivity index (χ3v) is 5.04. The van der Waals surface area contributed by atoms with Gasteiger partial charge in [-0.15, -0.1) is 0 Å². The molecule has 1 rings (SSSR count). The molecule has 1 radical (unpaired) electrons. The lowest BCUT2D eigenvalue weighted by molar-refractivity contribution is 0.526. The van der Waals surface area contributed by atoms with Crippen LogP contribution in [-0.4, -0.2) is 0 Å². The minimum absolute atomic E-state index is 1.14. The van der Waals surface area contributed by atoms with E-state index >= 15 is 0 Å². The number of hydrogen-bond donors (Lipinski definition) is 0. The van der Waals surface area contributed by atoms with Crippen molar-refractivity contribution in [2.75, 3.05) is 0 Å². The molecule has 0 nitrogen and oxygen atoms in total. The van der Waals surface area contributed by atoms with Gasteiger partial charge in [-0.25, -0.2) is 0 Å². The summed E-state index contributed by atoms with van der Waals surface area (Å²) in [6.07, 6.45) is 37.0. The standard InChI is InChI=1S/C23H41/c1-2-4-6-8-10-12-14-16-18-20-22-23-21-19-17-15-13-11-9-7-5-3-1/h1-3H,4,6-23H2/b2-1-,5-3?. The van der Waals surface area contributed by atoms with Gasteiger partial charge in [0.05, 0.1) is 0 Å². The van der Waals surface area contributed by atoms with Gasteiger partial charge in [0, 0.05) is 0 Å². The van der Waals surface area contributed by atoms with Crippen LogP contribution >= 0.6 is 0 Å². The Balaban J connectivity index is 2.10. The zero-order chi connectivity index (χ0) is 16.3. The van der Waals surface area contributed by atoms with Gasteiger partial charge in [0.1, 0.15) is 0 Å². The molecule has 0 aliphatic heterocycles. The predicted octanol–water partition coefficient (Wildman–Crippen LogP) is 8.33. The summed E-state index contributed by atoms with van der Waals surface area (Å²) >= 11 is 0. The van der Waals surface area contributed by atoms with Crippen molar-refractivity contribution < 1.29 is 0 Å². The summed E-state index contributed by atoms with van der Waals surface area (Å²) in [7, 11) is 0. The molecule has 0 bridgehead atoms. The summed E-state index contributed by atoms with van der Waals surface area (Å²) in [6, 6.07) is 0. The summed E-state index contributed by atoms with van der Waals surface area (Å²) in [5.41, 5.74) is 0. The topological polar surface area (TPSA) is 0 Å². The summed E-state index contributed by atoms with van der Waals surface area (Å²) in [5.74, 6) is 0. The minimum Gasteiger partial charge on any atom is -0.0845 e. The molecular weight excluding hydrogens is 276 g/mol. The van der Waals surface area contributed by atoms with E-state index < -0.39 is 0 Å². The Labute approximate surface area is 146 Å². The van der Waals surface area contributed by atoms with Gasteiger partial charge in [0.2, 0.25) is 0 Å². The number of hydrogen-bond acceptors (Lipinski definition) is 0. The van der Waals surface area contributed by atoms with E-state index in [1.54, 1.807) is 0 Å². The van der Waals surface area contributed by atoms with E-state index in [-0.39, 0.29) is 0 Å². The fraction of sp³-hybridized carbons (Fsp3) is 0.826. The van der Waals surface area contributed by atoms with E-state index in [9.17, 15) is 0 Å². The summed E-state index contributed by atoms with van der Waals surface area (Å²) in [5, 5.41) is 0. The Morgan fingerprint density at radius 2 is 0.826 bits per heavy atom. The lowest BCUT2D eigenvalue weighted by Crippen LogP contribution is -1.84. The van der Waals surface area contributed by atoms with E-state index in [2.05, 4.69) is 24.3 Å². The van der Waals surface area contributed by atoms with Crippen LogP contribution in [0.1, 0.15) is 122 Å². The fourth-order valence-electron chi connectivity index (χ4n) is 3.46. The summed E-state index contributed by atoms with van der Waals surface area (Å²) in [6.45, 7) is 0. The first-order valence-electron chi connectivity index (χ1n) is 10.7. The first-order chi connectivity index (χ1) is 11.5. The largest absolute Gasteiger partial charge is 0.0845 e. The van der Waals surface area contributed by atoms with E-state index in [0.29, 0.717) is 0 Å². The molecular formula is C23H41. The maximum absolute atomic E-state index is 3.42. The third-order valence-electron chi connectivity index (χ3n) is 5.04. The SMILES string of the molecule is [C]1=C\C=C/CCCCCCCCCCCCCCCCCCC/1.